The second-order valence-electron chi connectivity index (χ2n) is 6.23. The molecule has 1 aliphatic heterocycles. The van der Waals surface area contributed by atoms with E-state index < -0.39 is 0 Å². The maximum atomic E-state index is 6.48. The minimum Gasteiger partial charge on any atom is -0.371 e. The summed E-state index contributed by atoms with van der Waals surface area (Å²) < 4.78 is 8.38. The summed E-state index contributed by atoms with van der Waals surface area (Å²) in [6.07, 6.45) is 6.78. The third-order valence-corrected chi connectivity index (χ3v) is 6.19. The van der Waals surface area contributed by atoms with Crippen LogP contribution in [0.5, 0.6) is 0 Å². The van der Waals surface area contributed by atoms with Crippen LogP contribution < -0.4 is 0 Å². The zero-order chi connectivity index (χ0) is 16.2. The van der Waals surface area contributed by atoms with Crippen molar-refractivity contribution in [2.24, 2.45) is 5.92 Å². The van der Waals surface area contributed by atoms with Crippen LogP contribution in [0.3, 0.4) is 0 Å². The first-order valence-electron chi connectivity index (χ1n) is 8.08. The van der Waals surface area contributed by atoms with Gasteiger partial charge in [-0.3, -0.25) is 0 Å². The molecule has 2 heterocycles. The van der Waals surface area contributed by atoms with E-state index >= 15 is 0 Å². The molecule has 0 bridgehead atoms. The Bertz CT molecular complexity index is 632. The van der Waals surface area contributed by atoms with Gasteiger partial charge in [0.15, 0.2) is 0 Å². The molecule has 0 spiro atoms. The molecule has 0 amide bonds. The second kappa shape index (κ2) is 7.73. The van der Waals surface area contributed by atoms with Crippen molar-refractivity contribution in [1.29, 1.82) is 0 Å². The normalized spacial score (nSPS) is 22.4. The fourth-order valence-electron chi connectivity index (χ4n) is 2.96. The predicted octanol–water partition coefficient (Wildman–Crippen LogP) is 4.74. The summed E-state index contributed by atoms with van der Waals surface area (Å²) in [6.45, 7) is 5.88. The van der Waals surface area contributed by atoms with E-state index in [0.29, 0.717) is 11.2 Å². The fourth-order valence-corrected chi connectivity index (χ4v) is 4.61. The second-order valence-corrected chi connectivity index (χ2v) is 8.12. The molecule has 3 atom stereocenters. The Balaban J connectivity index is 1.75. The van der Waals surface area contributed by atoms with Gasteiger partial charge >= 0.3 is 0 Å². The molecular formula is C18H23ClN2OS. The van der Waals surface area contributed by atoms with E-state index in [1.165, 1.54) is 17.7 Å². The zero-order valence-corrected chi connectivity index (χ0v) is 15.2. The van der Waals surface area contributed by atoms with Crippen LogP contribution in [0.4, 0.5) is 0 Å². The Morgan fingerprint density at radius 3 is 3.00 bits per heavy atom. The van der Waals surface area contributed by atoms with Crippen LogP contribution in [0.25, 0.3) is 0 Å². The fraction of sp³-hybridized carbons (Fsp3) is 0.500. The molecule has 2 aromatic rings. The van der Waals surface area contributed by atoms with Crippen LogP contribution >= 0.6 is 23.4 Å². The molecule has 1 fully saturated rings. The Morgan fingerprint density at radius 2 is 2.35 bits per heavy atom. The summed E-state index contributed by atoms with van der Waals surface area (Å²) in [7, 11) is 0. The first-order valence-corrected chi connectivity index (χ1v) is 9.51. The van der Waals surface area contributed by atoms with Crippen LogP contribution in [0.15, 0.2) is 36.9 Å². The van der Waals surface area contributed by atoms with Gasteiger partial charge in [-0.05, 0) is 36.6 Å². The van der Waals surface area contributed by atoms with E-state index in [-0.39, 0.29) is 6.10 Å². The van der Waals surface area contributed by atoms with Gasteiger partial charge in [-0.15, -0.1) is 0 Å². The molecule has 3 nitrogen and oxygen atoms in total. The lowest BCUT2D eigenvalue weighted by molar-refractivity contribution is 0.0185. The van der Waals surface area contributed by atoms with Crippen molar-refractivity contribution in [3.63, 3.8) is 0 Å². The topological polar surface area (TPSA) is 27.1 Å². The highest BCUT2D eigenvalue weighted by atomic mass is 35.5. The number of rotatable bonds is 6. The lowest BCUT2D eigenvalue weighted by atomic mass is 10.0. The zero-order valence-electron chi connectivity index (χ0n) is 13.6. The summed E-state index contributed by atoms with van der Waals surface area (Å²) in [5.74, 6) is 1.88. The third kappa shape index (κ3) is 4.31. The average molecular weight is 351 g/mol. The molecule has 1 saturated heterocycles. The quantitative estimate of drug-likeness (QED) is 0.752. The van der Waals surface area contributed by atoms with Crippen LogP contribution in [0.1, 0.15) is 30.6 Å². The Morgan fingerprint density at radius 1 is 1.48 bits per heavy atom. The van der Waals surface area contributed by atoms with Crippen LogP contribution in [0.2, 0.25) is 5.02 Å². The SMILES string of the molecule is Cc1ccc(C(Cn2ccnc2)OCC2CCSC2C)c(Cl)c1. The number of hydrogen-bond acceptors (Lipinski definition) is 3. The third-order valence-electron chi connectivity index (χ3n) is 4.48. The predicted molar refractivity (Wildman–Crippen MR) is 97.1 cm³/mol. The first kappa shape index (κ1) is 16.9. The van der Waals surface area contributed by atoms with Gasteiger partial charge in [-0.1, -0.05) is 30.7 Å². The standard InChI is InChI=1S/C18H23ClN2OS/c1-13-3-4-16(17(19)9-13)18(10-21-7-6-20-12-21)22-11-15-5-8-23-14(15)2/h3-4,6-7,9,12,14-15,18H,5,8,10-11H2,1-2H3. The van der Waals surface area contributed by atoms with E-state index in [0.717, 1.165) is 23.7 Å². The van der Waals surface area contributed by atoms with Gasteiger partial charge in [0.25, 0.3) is 0 Å². The molecule has 3 unspecified atom stereocenters. The minimum atomic E-state index is -0.0462. The van der Waals surface area contributed by atoms with Crippen LogP contribution in [-0.2, 0) is 11.3 Å². The van der Waals surface area contributed by atoms with E-state index in [4.69, 9.17) is 16.3 Å². The van der Waals surface area contributed by atoms with Crippen LogP contribution in [-0.4, -0.2) is 27.2 Å². The highest BCUT2D eigenvalue weighted by Crippen LogP contribution is 2.34. The number of thioether (sulfide) groups is 1. The summed E-state index contributed by atoms with van der Waals surface area (Å²) in [5, 5.41) is 1.46. The van der Waals surface area contributed by atoms with Gasteiger partial charge in [0.2, 0.25) is 0 Å². The molecule has 1 aromatic carbocycles. The van der Waals surface area contributed by atoms with Gasteiger partial charge < -0.3 is 9.30 Å². The molecule has 0 aliphatic carbocycles. The summed E-state index contributed by atoms with van der Waals surface area (Å²) >= 11 is 8.52. The van der Waals surface area contributed by atoms with Crippen molar-refractivity contribution in [1.82, 2.24) is 9.55 Å². The molecule has 1 aromatic heterocycles. The number of aromatic nitrogens is 2. The van der Waals surface area contributed by atoms with E-state index in [1.807, 2.05) is 34.9 Å². The highest BCUT2D eigenvalue weighted by Gasteiger charge is 2.26. The number of hydrogen-bond donors (Lipinski definition) is 0. The first-order chi connectivity index (χ1) is 11.1. The Kier molecular flexibility index (Phi) is 5.67. The van der Waals surface area contributed by atoms with E-state index in [9.17, 15) is 0 Å². The molecule has 23 heavy (non-hydrogen) atoms. The largest absolute Gasteiger partial charge is 0.371 e. The number of aryl methyl sites for hydroxylation is 1. The lowest BCUT2D eigenvalue weighted by Crippen LogP contribution is -2.20. The molecule has 5 heteroatoms. The smallest absolute Gasteiger partial charge is 0.102 e. The minimum absolute atomic E-state index is 0.0462. The van der Waals surface area contributed by atoms with Gasteiger partial charge in [0.1, 0.15) is 6.10 Å². The van der Waals surface area contributed by atoms with Crippen molar-refractivity contribution < 1.29 is 4.74 Å². The maximum Gasteiger partial charge on any atom is 0.102 e. The van der Waals surface area contributed by atoms with Gasteiger partial charge in [0, 0.05) is 28.2 Å². The number of benzene rings is 1. The highest BCUT2D eigenvalue weighted by molar-refractivity contribution is 8.00. The number of imidazole rings is 1. The lowest BCUT2D eigenvalue weighted by Gasteiger charge is -2.23. The molecule has 1 aliphatic rings. The molecule has 3 rings (SSSR count). The van der Waals surface area contributed by atoms with Crippen molar-refractivity contribution in [2.75, 3.05) is 12.4 Å². The van der Waals surface area contributed by atoms with Gasteiger partial charge in [-0.25, -0.2) is 4.98 Å². The molecule has 0 radical (unpaired) electrons. The molecule has 0 saturated carbocycles. The maximum absolute atomic E-state index is 6.48. The molecular weight excluding hydrogens is 328 g/mol. The van der Waals surface area contributed by atoms with Crippen LogP contribution in [0, 0.1) is 12.8 Å². The van der Waals surface area contributed by atoms with Crippen molar-refractivity contribution >= 4 is 23.4 Å². The van der Waals surface area contributed by atoms with Crippen molar-refractivity contribution in [2.45, 2.75) is 38.2 Å². The van der Waals surface area contributed by atoms with Crippen molar-refractivity contribution in [3.8, 4) is 0 Å². The summed E-state index contributed by atoms with van der Waals surface area (Å²) in [6, 6.07) is 6.20. The monoisotopic (exact) mass is 350 g/mol. The average Bonchev–Trinajstić information content (AvgIpc) is 3.16. The Labute approximate surface area is 147 Å². The van der Waals surface area contributed by atoms with Gasteiger partial charge in [-0.2, -0.15) is 11.8 Å². The van der Waals surface area contributed by atoms with E-state index in [1.54, 1.807) is 6.20 Å². The summed E-state index contributed by atoms with van der Waals surface area (Å²) in [4.78, 5) is 4.13. The van der Waals surface area contributed by atoms with Crippen molar-refractivity contribution in [3.05, 3.63) is 53.1 Å². The van der Waals surface area contributed by atoms with Gasteiger partial charge in [0.05, 0.1) is 19.5 Å². The molecule has 0 N–H and O–H groups in total. The summed E-state index contributed by atoms with van der Waals surface area (Å²) in [5.41, 5.74) is 2.23. The number of halogens is 1. The number of nitrogens with zero attached hydrogens (tertiary/aromatic N) is 2. The van der Waals surface area contributed by atoms with E-state index in [2.05, 4.69) is 31.0 Å². The number of ether oxygens (including phenoxy) is 1. The molecule has 124 valence electrons. The Hall–Kier alpha value is -0.970.